The highest BCUT2D eigenvalue weighted by molar-refractivity contribution is 7.91. The molecule has 1 aliphatic heterocycles. The predicted octanol–water partition coefficient (Wildman–Crippen LogP) is 1.25. The number of rotatable bonds is 7. The number of amides is 1. The highest BCUT2D eigenvalue weighted by Crippen LogP contribution is 2.22. The van der Waals surface area contributed by atoms with E-state index in [1.54, 1.807) is 18.2 Å². The van der Waals surface area contributed by atoms with Gasteiger partial charge in [-0.2, -0.15) is 4.68 Å². The first kappa shape index (κ1) is 21.8. The lowest BCUT2D eigenvalue weighted by molar-refractivity contribution is -0.143. The lowest BCUT2D eigenvalue weighted by atomic mass is 10.2. The monoisotopic (exact) mass is 473 g/mol. The second-order valence-electron chi connectivity index (χ2n) is 7.07. The summed E-state index contributed by atoms with van der Waals surface area (Å²) in [5.74, 6) is -1.10. The van der Waals surface area contributed by atoms with E-state index in [1.807, 2.05) is 35.7 Å². The first-order valence-corrected chi connectivity index (χ1v) is 12.4. The fraction of sp³-hybridized carbons (Fsp3) is 0.250. The molecule has 1 saturated heterocycles. The van der Waals surface area contributed by atoms with Crippen molar-refractivity contribution in [2.45, 2.75) is 12.5 Å². The average molecular weight is 474 g/mol. The van der Waals surface area contributed by atoms with Gasteiger partial charge in [-0.15, -0.1) is 16.4 Å². The van der Waals surface area contributed by atoms with Gasteiger partial charge in [-0.1, -0.05) is 36.4 Å². The van der Waals surface area contributed by atoms with E-state index in [1.165, 1.54) is 16.0 Å². The minimum atomic E-state index is -3.13. The molecule has 1 atom stereocenters. The van der Waals surface area contributed by atoms with E-state index in [2.05, 4.69) is 20.8 Å². The van der Waals surface area contributed by atoms with E-state index in [4.69, 9.17) is 4.74 Å². The summed E-state index contributed by atoms with van der Waals surface area (Å²) < 4.78 is 29.6. The van der Waals surface area contributed by atoms with Crippen molar-refractivity contribution in [2.24, 2.45) is 0 Å². The fourth-order valence-corrected chi connectivity index (χ4v) is 5.54. The number of ether oxygens (including phenoxy) is 1. The van der Waals surface area contributed by atoms with E-state index >= 15 is 0 Å². The zero-order chi connectivity index (χ0) is 22.6. The zero-order valence-electron chi connectivity index (χ0n) is 16.7. The summed E-state index contributed by atoms with van der Waals surface area (Å²) in [6.45, 7) is -0.556. The molecule has 0 spiro atoms. The van der Waals surface area contributed by atoms with Crippen molar-refractivity contribution in [3.8, 4) is 11.4 Å². The Bertz CT molecular complexity index is 1240. The molecule has 4 rings (SSSR count). The quantitative estimate of drug-likeness (QED) is 0.400. The molecule has 2 aromatic heterocycles. The Balaban J connectivity index is 1.52. The van der Waals surface area contributed by atoms with Crippen LogP contribution in [0.5, 0.6) is 0 Å². The van der Waals surface area contributed by atoms with Gasteiger partial charge >= 0.3 is 5.97 Å². The molecule has 0 radical (unpaired) electrons. The summed E-state index contributed by atoms with van der Waals surface area (Å²) >= 11 is 1.41. The average Bonchev–Trinajstić information content (AvgIpc) is 3.52. The lowest BCUT2D eigenvalue weighted by Crippen LogP contribution is -2.38. The van der Waals surface area contributed by atoms with Gasteiger partial charge in [-0.25, -0.2) is 13.2 Å². The minimum absolute atomic E-state index is 0.0347. The van der Waals surface area contributed by atoms with Crippen molar-refractivity contribution < 1.29 is 22.7 Å². The van der Waals surface area contributed by atoms with Crippen LogP contribution in [0.4, 0.5) is 0 Å². The van der Waals surface area contributed by atoms with Crippen molar-refractivity contribution in [3.05, 3.63) is 52.7 Å². The number of nitrogens with one attached hydrogen (secondary N) is 1. The summed E-state index contributed by atoms with van der Waals surface area (Å²) in [5.41, 5.74) is 0.732. The van der Waals surface area contributed by atoms with Crippen LogP contribution in [0.3, 0.4) is 0 Å². The molecule has 1 aromatic carbocycles. The number of carbonyl (C=O) groups excluding carboxylic acids is 2. The number of sulfone groups is 1. The van der Waals surface area contributed by atoms with E-state index < -0.39 is 34.4 Å². The number of nitrogens with zero attached hydrogens (tertiary/aromatic N) is 4. The van der Waals surface area contributed by atoms with Crippen LogP contribution in [0.15, 0.2) is 47.8 Å². The SMILES string of the molecule is O=C(COC(=O)C(=Cc1cccs1)n1nnnc1-c1ccccc1)NC1CCS(=O)(=O)C1. The summed E-state index contributed by atoms with van der Waals surface area (Å²) in [6.07, 6.45) is 1.92. The topological polar surface area (TPSA) is 133 Å². The Kier molecular flexibility index (Phi) is 6.42. The molecular formula is C20H19N5O5S2. The predicted molar refractivity (Wildman–Crippen MR) is 118 cm³/mol. The molecule has 0 bridgehead atoms. The smallest absolute Gasteiger partial charge is 0.357 e. The third kappa shape index (κ3) is 5.26. The van der Waals surface area contributed by atoms with Gasteiger partial charge in [0.25, 0.3) is 5.91 Å². The van der Waals surface area contributed by atoms with Gasteiger partial charge < -0.3 is 10.1 Å². The molecule has 12 heteroatoms. The van der Waals surface area contributed by atoms with Gasteiger partial charge in [0.15, 0.2) is 28.0 Å². The molecule has 1 fully saturated rings. The maximum atomic E-state index is 12.9. The van der Waals surface area contributed by atoms with Gasteiger partial charge in [-0.3, -0.25) is 4.79 Å². The number of hydrogen-bond donors (Lipinski definition) is 1. The van der Waals surface area contributed by atoms with Crippen LogP contribution in [0.1, 0.15) is 11.3 Å². The molecule has 3 heterocycles. The van der Waals surface area contributed by atoms with Gasteiger partial charge in [0.2, 0.25) is 0 Å². The molecule has 0 aliphatic carbocycles. The standard InChI is InChI=1S/C20H19N5O5S2/c26-18(21-15-8-10-32(28,29)13-15)12-30-20(27)17(11-16-7-4-9-31-16)25-19(22-23-24-25)14-5-2-1-3-6-14/h1-7,9,11,15H,8,10,12-13H2,(H,21,26). The number of benzene rings is 1. The molecular weight excluding hydrogens is 454 g/mol. The molecule has 166 valence electrons. The molecule has 0 saturated carbocycles. The summed E-state index contributed by atoms with van der Waals surface area (Å²) in [5, 5.41) is 16.1. The van der Waals surface area contributed by atoms with Crippen LogP contribution >= 0.6 is 11.3 Å². The molecule has 3 aromatic rings. The Labute approximate surface area is 187 Å². The van der Waals surface area contributed by atoms with Gasteiger partial charge in [0.05, 0.1) is 11.5 Å². The first-order chi connectivity index (χ1) is 15.4. The Morgan fingerprint density at radius 3 is 2.72 bits per heavy atom. The number of tetrazole rings is 1. The first-order valence-electron chi connectivity index (χ1n) is 9.67. The Morgan fingerprint density at radius 2 is 2.03 bits per heavy atom. The van der Waals surface area contributed by atoms with Crippen molar-refractivity contribution in [1.29, 1.82) is 0 Å². The highest BCUT2D eigenvalue weighted by Gasteiger charge is 2.29. The Hall–Kier alpha value is -3.38. The van der Waals surface area contributed by atoms with E-state index in [9.17, 15) is 18.0 Å². The third-order valence-electron chi connectivity index (χ3n) is 4.69. The van der Waals surface area contributed by atoms with Crippen molar-refractivity contribution in [1.82, 2.24) is 25.5 Å². The molecule has 10 nitrogen and oxygen atoms in total. The van der Waals surface area contributed by atoms with E-state index in [-0.39, 0.29) is 17.2 Å². The molecule has 1 amide bonds. The van der Waals surface area contributed by atoms with Crippen LogP contribution in [0, 0.1) is 0 Å². The number of thiophene rings is 1. The fourth-order valence-electron chi connectivity index (χ4n) is 3.21. The van der Waals surface area contributed by atoms with E-state index in [0.717, 1.165) is 4.88 Å². The maximum Gasteiger partial charge on any atom is 0.357 e. The van der Waals surface area contributed by atoms with Crippen LogP contribution < -0.4 is 5.32 Å². The normalized spacial score (nSPS) is 17.8. The second-order valence-corrected chi connectivity index (χ2v) is 10.3. The summed E-state index contributed by atoms with van der Waals surface area (Å²) in [7, 11) is -3.13. The molecule has 1 unspecified atom stereocenters. The van der Waals surface area contributed by atoms with Crippen LogP contribution in [0.25, 0.3) is 23.2 Å². The lowest BCUT2D eigenvalue weighted by Gasteiger charge is -2.12. The van der Waals surface area contributed by atoms with Gasteiger partial charge in [0, 0.05) is 16.5 Å². The van der Waals surface area contributed by atoms with Crippen LogP contribution in [0.2, 0.25) is 0 Å². The molecule has 1 aliphatic rings. The number of aromatic nitrogens is 4. The second kappa shape index (κ2) is 9.40. The van der Waals surface area contributed by atoms with E-state index in [0.29, 0.717) is 17.8 Å². The van der Waals surface area contributed by atoms with Crippen molar-refractivity contribution in [3.63, 3.8) is 0 Å². The highest BCUT2D eigenvalue weighted by atomic mass is 32.2. The van der Waals surface area contributed by atoms with Gasteiger partial charge in [-0.05, 0) is 34.4 Å². The summed E-state index contributed by atoms with van der Waals surface area (Å²) in [4.78, 5) is 25.9. The summed E-state index contributed by atoms with van der Waals surface area (Å²) in [6, 6.07) is 12.3. The molecule has 32 heavy (non-hydrogen) atoms. The van der Waals surface area contributed by atoms with Crippen molar-refractivity contribution in [2.75, 3.05) is 18.1 Å². The zero-order valence-corrected chi connectivity index (χ0v) is 18.4. The third-order valence-corrected chi connectivity index (χ3v) is 7.28. The van der Waals surface area contributed by atoms with Gasteiger partial charge in [0.1, 0.15) is 0 Å². The minimum Gasteiger partial charge on any atom is -0.451 e. The number of esters is 1. The largest absolute Gasteiger partial charge is 0.451 e. The number of carbonyl (C=O) groups is 2. The molecule has 1 N–H and O–H groups in total. The van der Waals surface area contributed by atoms with Crippen LogP contribution in [-0.4, -0.2) is 64.7 Å². The number of hydrogen-bond acceptors (Lipinski definition) is 9. The Morgan fingerprint density at radius 1 is 1.22 bits per heavy atom. The maximum absolute atomic E-state index is 12.9. The van der Waals surface area contributed by atoms with Crippen LogP contribution in [-0.2, 0) is 24.2 Å². The van der Waals surface area contributed by atoms with Crippen molar-refractivity contribution >= 4 is 44.8 Å².